The summed E-state index contributed by atoms with van der Waals surface area (Å²) in [5.74, 6) is 0.481. The number of hydrogen-bond acceptors (Lipinski definition) is 5. The third-order valence-electron chi connectivity index (χ3n) is 1.93. The molecule has 0 amide bonds. The molecule has 0 spiro atoms. The van der Waals surface area contributed by atoms with Gasteiger partial charge in [-0.1, -0.05) is 0 Å². The molecule has 0 aliphatic carbocycles. The number of thiocarbonyl (C=S) groups is 1. The lowest BCUT2D eigenvalue weighted by atomic mass is 10.3. The highest BCUT2D eigenvalue weighted by Gasteiger charge is 2.18. The fourth-order valence-corrected chi connectivity index (χ4v) is 1.13. The van der Waals surface area contributed by atoms with Crippen LogP contribution in [0.2, 0.25) is 0 Å². The molecule has 17 heavy (non-hydrogen) atoms. The summed E-state index contributed by atoms with van der Waals surface area (Å²) in [5, 5.41) is 11.0. The average molecular weight is 256 g/mol. The highest BCUT2D eigenvalue weighted by Crippen LogP contribution is 2.31. The van der Waals surface area contributed by atoms with Crippen molar-refractivity contribution in [2.24, 2.45) is 0 Å². The Bertz CT molecular complexity index is 448. The Hall–Kier alpha value is -1.89. The summed E-state index contributed by atoms with van der Waals surface area (Å²) < 4.78 is 10.1. The minimum absolute atomic E-state index is 0.0921. The summed E-state index contributed by atoms with van der Waals surface area (Å²) in [4.78, 5) is 11.9. The van der Waals surface area contributed by atoms with E-state index in [2.05, 4.69) is 0 Å². The van der Waals surface area contributed by atoms with Crippen LogP contribution in [0.5, 0.6) is 11.5 Å². The van der Waals surface area contributed by atoms with Crippen molar-refractivity contribution in [3.63, 3.8) is 0 Å². The van der Waals surface area contributed by atoms with Crippen LogP contribution >= 0.6 is 12.2 Å². The number of nitro benzene ring substituents is 1. The van der Waals surface area contributed by atoms with Crippen LogP contribution in [0.1, 0.15) is 0 Å². The van der Waals surface area contributed by atoms with Gasteiger partial charge in [0.05, 0.1) is 18.1 Å². The highest BCUT2D eigenvalue weighted by molar-refractivity contribution is 7.80. The van der Waals surface area contributed by atoms with Crippen LogP contribution < -0.4 is 9.47 Å². The molecule has 7 heteroatoms. The molecule has 0 saturated heterocycles. The summed E-state index contributed by atoms with van der Waals surface area (Å²) in [6.07, 6.45) is 0. The molecule has 0 fully saturated rings. The SMILES string of the molecule is COc1ccc(OC(=S)N(C)C)c([N+](=O)[O-])c1. The molecular weight excluding hydrogens is 244 g/mol. The molecule has 0 N–H and O–H groups in total. The van der Waals surface area contributed by atoms with E-state index in [9.17, 15) is 10.1 Å². The summed E-state index contributed by atoms with van der Waals surface area (Å²) in [7, 11) is 4.82. The van der Waals surface area contributed by atoms with E-state index in [1.807, 2.05) is 0 Å². The van der Waals surface area contributed by atoms with Crippen molar-refractivity contribution in [1.82, 2.24) is 4.90 Å². The van der Waals surface area contributed by atoms with Crippen LogP contribution in [-0.2, 0) is 0 Å². The molecule has 0 atom stereocenters. The van der Waals surface area contributed by atoms with Gasteiger partial charge in [0.15, 0.2) is 0 Å². The van der Waals surface area contributed by atoms with Gasteiger partial charge in [-0.3, -0.25) is 10.1 Å². The molecule has 0 aliphatic rings. The zero-order chi connectivity index (χ0) is 13.0. The van der Waals surface area contributed by atoms with Crippen molar-refractivity contribution < 1.29 is 14.4 Å². The van der Waals surface area contributed by atoms with E-state index in [1.165, 1.54) is 19.2 Å². The van der Waals surface area contributed by atoms with Crippen LogP contribution in [0.4, 0.5) is 5.69 Å². The number of nitro groups is 1. The third-order valence-corrected chi connectivity index (χ3v) is 2.37. The molecule has 0 heterocycles. The Morgan fingerprint density at radius 3 is 2.59 bits per heavy atom. The van der Waals surface area contributed by atoms with E-state index in [4.69, 9.17) is 21.7 Å². The van der Waals surface area contributed by atoms with E-state index in [0.29, 0.717) is 5.75 Å². The predicted octanol–water partition coefficient (Wildman–Crippen LogP) is 1.83. The first-order valence-electron chi connectivity index (χ1n) is 4.67. The molecule has 0 aromatic heterocycles. The van der Waals surface area contributed by atoms with Crippen LogP contribution in [0.15, 0.2) is 18.2 Å². The number of methoxy groups -OCH3 is 1. The second-order valence-electron chi connectivity index (χ2n) is 3.35. The summed E-state index contributed by atoms with van der Waals surface area (Å²) in [6.45, 7) is 0. The fraction of sp³-hybridized carbons (Fsp3) is 0.300. The van der Waals surface area contributed by atoms with Crippen molar-refractivity contribution >= 4 is 23.1 Å². The maximum Gasteiger partial charge on any atom is 0.315 e. The van der Waals surface area contributed by atoms with Gasteiger partial charge < -0.3 is 14.4 Å². The Kier molecular flexibility index (Phi) is 4.22. The maximum atomic E-state index is 10.9. The van der Waals surface area contributed by atoms with Gasteiger partial charge >= 0.3 is 5.69 Å². The van der Waals surface area contributed by atoms with Gasteiger partial charge in [0.2, 0.25) is 5.75 Å². The average Bonchev–Trinajstić information content (AvgIpc) is 2.29. The molecule has 6 nitrogen and oxygen atoms in total. The van der Waals surface area contributed by atoms with Crippen molar-refractivity contribution in [1.29, 1.82) is 0 Å². The Morgan fingerprint density at radius 2 is 2.12 bits per heavy atom. The van der Waals surface area contributed by atoms with Crippen molar-refractivity contribution in [2.75, 3.05) is 21.2 Å². The molecule has 0 aliphatic heterocycles. The van der Waals surface area contributed by atoms with Crippen molar-refractivity contribution in [3.8, 4) is 11.5 Å². The van der Waals surface area contributed by atoms with E-state index < -0.39 is 4.92 Å². The van der Waals surface area contributed by atoms with Crippen molar-refractivity contribution in [2.45, 2.75) is 0 Å². The van der Waals surface area contributed by atoms with E-state index in [-0.39, 0.29) is 16.6 Å². The molecule has 1 aromatic carbocycles. The van der Waals surface area contributed by atoms with Crippen LogP contribution in [0.3, 0.4) is 0 Å². The lowest BCUT2D eigenvalue weighted by Gasteiger charge is -2.14. The predicted molar refractivity (Wildman–Crippen MR) is 66.6 cm³/mol. The summed E-state index contributed by atoms with van der Waals surface area (Å²) in [6, 6.07) is 4.31. The number of nitrogens with zero attached hydrogens (tertiary/aromatic N) is 2. The Morgan fingerprint density at radius 1 is 1.47 bits per heavy atom. The first-order valence-corrected chi connectivity index (χ1v) is 5.08. The highest BCUT2D eigenvalue weighted by atomic mass is 32.1. The van der Waals surface area contributed by atoms with Crippen LogP contribution in [-0.4, -0.2) is 36.2 Å². The molecular formula is C10H12N2O4S. The van der Waals surface area contributed by atoms with Crippen LogP contribution in [0.25, 0.3) is 0 Å². The van der Waals surface area contributed by atoms with Gasteiger partial charge in [-0.25, -0.2) is 0 Å². The van der Waals surface area contributed by atoms with Gasteiger partial charge in [0.25, 0.3) is 5.17 Å². The lowest BCUT2D eigenvalue weighted by Crippen LogP contribution is -2.25. The molecule has 1 aromatic rings. The van der Waals surface area contributed by atoms with E-state index in [1.54, 1.807) is 25.1 Å². The number of hydrogen-bond donors (Lipinski definition) is 0. The van der Waals surface area contributed by atoms with Crippen LogP contribution in [0, 0.1) is 10.1 Å². The number of ether oxygens (including phenoxy) is 2. The number of benzene rings is 1. The van der Waals surface area contributed by atoms with Gasteiger partial charge in [0.1, 0.15) is 5.75 Å². The monoisotopic (exact) mass is 256 g/mol. The maximum absolute atomic E-state index is 10.9. The number of rotatable bonds is 3. The van der Waals surface area contributed by atoms with Gasteiger partial charge in [0, 0.05) is 14.1 Å². The Balaban J connectivity index is 3.06. The standard InChI is InChI=1S/C10H12N2O4S/c1-11(2)10(17)16-9-5-4-7(15-3)6-8(9)12(13)14/h4-6H,1-3H3. The van der Waals surface area contributed by atoms with Gasteiger partial charge in [-0.2, -0.15) is 0 Å². The fourth-order valence-electron chi connectivity index (χ4n) is 1.04. The minimum Gasteiger partial charge on any atom is -0.496 e. The van der Waals surface area contributed by atoms with Crippen molar-refractivity contribution in [3.05, 3.63) is 28.3 Å². The summed E-state index contributed by atoms with van der Waals surface area (Å²) >= 11 is 4.92. The van der Waals surface area contributed by atoms with Gasteiger partial charge in [-0.05, 0) is 24.4 Å². The smallest absolute Gasteiger partial charge is 0.315 e. The zero-order valence-electron chi connectivity index (χ0n) is 9.67. The van der Waals surface area contributed by atoms with E-state index in [0.717, 1.165) is 0 Å². The topological polar surface area (TPSA) is 64.8 Å². The molecule has 1 rings (SSSR count). The summed E-state index contributed by atoms with van der Waals surface area (Å²) in [5.41, 5.74) is -0.187. The zero-order valence-corrected chi connectivity index (χ0v) is 10.5. The first kappa shape index (κ1) is 13.2. The first-order chi connectivity index (χ1) is 7.95. The van der Waals surface area contributed by atoms with Gasteiger partial charge in [-0.15, -0.1) is 0 Å². The quantitative estimate of drug-likeness (QED) is 0.467. The molecule has 0 saturated carbocycles. The third kappa shape index (κ3) is 3.28. The Labute approximate surface area is 104 Å². The molecule has 0 unspecified atom stereocenters. The minimum atomic E-state index is -0.546. The molecule has 0 bridgehead atoms. The molecule has 92 valence electrons. The molecule has 0 radical (unpaired) electrons. The largest absolute Gasteiger partial charge is 0.496 e. The second-order valence-corrected chi connectivity index (χ2v) is 3.70. The van der Waals surface area contributed by atoms with E-state index >= 15 is 0 Å². The normalized spacial score (nSPS) is 9.59. The second kappa shape index (κ2) is 5.44. The lowest BCUT2D eigenvalue weighted by molar-refractivity contribution is -0.385.